The first-order valence-electron chi connectivity index (χ1n) is 9.09. The summed E-state index contributed by atoms with van der Waals surface area (Å²) in [6.45, 7) is 2.03. The lowest BCUT2D eigenvalue weighted by Gasteiger charge is -2.34. The summed E-state index contributed by atoms with van der Waals surface area (Å²) in [4.78, 5) is 0. The zero-order valence-corrected chi connectivity index (χ0v) is 15.3. The van der Waals surface area contributed by atoms with Crippen molar-refractivity contribution in [3.05, 3.63) is 119 Å². The number of nitrogen functional groups attached to an aromatic ring is 1. The van der Waals surface area contributed by atoms with Gasteiger partial charge in [-0.05, 0) is 46.9 Å². The van der Waals surface area contributed by atoms with Crippen molar-refractivity contribution in [1.29, 1.82) is 0 Å². The molecule has 1 nitrogen and oxygen atoms in total. The molecule has 27 heavy (non-hydrogen) atoms. The molecule has 0 fully saturated rings. The molecule has 0 amide bonds. The summed E-state index contributed by atoms with van der Waals surface area (Å²) in [5.41, 5.74) is 13.1. The first-order chi connectivity index (χ1) is 13.2. The van der Waals surface area contributed by atoms with Crippen molar-refractivity contribution < 1.29 is 0 Å². The lowest BCUT2D eigenvalue weighted by molar-refractivity contribution is 0.761. The summed E-state index contributed by atoms with van der Waals surface area (Å²) >= 11 is 0. The van der Waals surface area contributed by atoms with Crippen LogP contribution in [0.3, 0.4) is 0 Å². The summed E-state index contributed by atoms with van der Waals surface area (Å²) in [5, 5.41) is 0. The van der Waals surface area contributed by atoms with Gasteiger partial charge in [0.2, 0.25) is 0 Å². The minimum absolute atomic E-state index is 0.485. The molecule has 0 saturated carbocycles. The van der Waals surface area contributed by atoms with Gasteiger partial charge in [0.05, 0.1) is 5.41 Å². The van der Waals surface area contributed by atoms with Gasteiger partial charge in [0.1, 0.15) is 0 Å². The van der Waals surface area contributed by atoms with Crippen LogP contribution in [-0.4, -0.2) is 0 Å². The lowest BCUT2D eigenvalue weighted by Crippen LogP contribution is -2.29. The highest BCUT2D eigenvalue weighted by atomic mass is 14.6. The van der Waals surface area contributed by atoms with Gasteiger partial charge in [-0.25, -0.2) is 0 Å². The highest BCUT2D eigenvalue weighted by Crippen LogP contribution is 2.55. The van der Waals surface area contributed by atoms with E-state index >= 15 is 0 Å². The van der Waals surface area contributed by atoms with Gasteiger partial charge in [-0.2, -0.15) is 0 Å². The summed E-state index contributed by atoms with van der Waals surface area (Å²) in [6.07, 6.45) is 10.2. The third-order valence-electron chi connectivity index (χ3n) is 5.28. The topological polar surface area (TPSA) is 26.0 Å². The maximum atomic E-state index is 6.23. The van der Waals surface area contributed by atoms with Crippen LogP contribution >= 0.6 is 0 Å². The van der Waals surface area contributed by atoms with Crippen molar-refractivity contribution in [2.45, 2.75) is 12.3 Å². The molecule has 1 aliphatic carbocycles. The minimum atomic E-state index is -0.485. The van der Waals surface area contributed by atoms with E-state index in [9.17, 15) is 0 Å². The van der Waals surface area contributed by atoms with E-state index in [1.165, 1.54) is 11.1 Å². The van der Waals surface area contributed by atoms with Crippen LogP contribution in [0, 0.1) is 12.3 Å². The fourth-order valence-electron chi connectivity index (χ4n) is 4.26. The first kappa shape index (κ1) is 16.9. The van der Waals surface area contributed by atoms with Crippen molar-refractivity contribution in [2.75, 3.05) is 5.73 Å². The summed E-state index contributed by atoms with van der Waals surface area (Å²) in [6, 6.07) is 27.1. The quantitative estimate of drug-likeness (QED) is 0.486. The number of allylic oxidation sites excluding steroid dienone is 4. The second-order valence-corrected chi connectivity index (χ2v) is 6.72. The van der Waals surface area contributed by atoms with E-state index in [2.05, 4.69) is 78.7 Å². The average Bonchev–Trinajstić information content (AvgIpc) is 2.99. The van der Waals surface area contributed by atoms with E-state index in [-0.39, 0.29) is 0 Å². The maximum Gasteiger partial charge on any atom is 0.0720 e. The molecule has 0 heterocycles. The van der Waals surface area contributed by atoms with E-state index < -0.39 is 5.41 Å². The number of anilines is 1. The zero-order valence-electron chi connectivity index (χ0n) is 15.3. The molecule has 0 atom stereocenters. The Morgan fingerprint density at radius 1 is 0.889 bits per heavy atom. The monoisotopic (exact) mass is 347 g/mol. The molecular formula is C26H21N. The third kappa shape index (κ3) is 2.42. The fourth-order valence-corrected chi connectivity index (χ4v) is 4.26. The Balaban J connectivity index is 2.22. The Bertz CT molecular complexity index is 1040. The Kier molecular flexibility index (Phi) is 4.18. The van der Waals surface area contributed by atoms with Gasteiger partial charge in [-0.15, -0.1) is 6.42 Å². The van der Waals surface area contributed by atoms with E-state index in [1.54, 1.807) is 0 Å². The van der Waals surface area contributed by atoms with Crippen LogP contribution in [-0.2, 0) is 5.41 Å². The summed E-state index contributed by atoms with van der Waals surface area (Å²) in [5.74, 6) is 2.96. The largest absolute Gasteiger partial charge is 0.399 e. The second-order valence-electron chi connectivity index (χ2n) is 6.72. The number of nitrogens with two attached hydrogens (primary N) is 1. The Labute approximate surface area is 160 Å². The van der Waals surface area contributed by atoms with Gasteiger partial charge in [-0.1, -0.05) is 84.8 Å². The molecule has 130 valence electrons. The van der Waals surface area contributed by atoms with Crippen LogP contribution < -0.4 is 5.73 Å². The summed E-state index contributed by atoms with van der Waals surface area (Å²) in [7, 11) is 0. The van der Waals surface area contributed by atoms with Crippen LogP contribution in [0.1, 0.15) is 29.2 Å². The molecular weight excluding hydrogens is 326 g/mol. The Hall–Kier alpha value is -3.50. The number of hydrogen-bond donors (Lipinski definition) is 1. The molecule has 4 rings (SSSR count). The molecule has 0 aromatic heterocycles. The average molecular weight is 347 g/mol. The molecule has 0 radical (unpaired) electrons. The molecule has 0 unspecified atom stereocenters. The molecule has 1 heteroatoms. The molecule has 3 aromatic rings. The van der Waals surface area contributed by atoms with Crippen molar-refractivity contribution in [3.8, 4) is 12.3 Å². The van der Waals surface area contributed by atoms with Gasteiger partial charge in [0.25, 0.3) is 0 Å². The number of rotatable bonds is 3. The smallest absolute Gasteiger partial charge is 0.0720 e. The van der Waals surface area contributed by atoms with Crippen LogP contribution in [0.25, 0.3) is 5.57 Å². The van der Waals surface area contributed by atoms with Crippen molar-refractivity contribution >= 4 is 11.3 Å². The molecule has 0 bridgehead atoms. The predicted molar refractivity (Wildman–Crippen MR) is 114 cm³/mol. The van der Waals surface area contributed by atoms with E-state index in [0.717, 1.165) is 28.0 Å². The van der Waals surface area contributed by atoms with Gasteiger partial charge in [-0.3, -0.25) is 0 Å². The van der Waals surface area contributed by atoms with Gasteiger partial charge < -0.3 is 5.73 Å². The van der Waals surface area contributed by atoms with Crippen molar-refractivity contribution in [1.82, 2.24) is 0 Å². The lowest BCUT2D eigenvalue weighted by atomic mass is 9.66. The molecule has 0 spiro atoms. The molecule has 1 aliphatic rings. The van der Waals surface area contributed by atoms with E-state index in [4.69, 9.17) is 12.2 Å². The van der Waals surface area contributed by atoms with Crippen molar-refractivity contribution in [2.24, 2.45) is 0 Å². The second kappa shape index (κ2) is 6.67. The van der Waals surface area contributed by atoms with Crippen LogP contribution in [0.15, 0.2) is 96.6 Å². The molecule has 0 aliphatic heterocycles. The first-order valence-corrected chi connectivity index (χ1v) is 9.09. The van der Waals surface area contributed by atoms with E-state index in [1.807, 2.05) is 25.1 Å². The van der Waals surface area contributed by atoms with Crippen LogP contribution in [0.4, 0.5) is 5.69 Å². The van der Waals surface area contributed by atoms with Gasteiger partial charge in [0, 0.05) is 11.3 Å². The fraction of sp³-hybridized carbons (Fsp3) is 0.0769. The maximum absolute atomic E-state index is 6.23. The number of benzene rings is 3. The highest BCUT2D eigenvalue weighted by molar-refractivity contribution is 5.94. The number of fused-ring (bicyclic) bond motifs is 1. The van der Waals surface area contributed by atoms with E-state index in [0.29, 0.717) is 0 Å². The number of hydrogen-bond acceptors (Lipinski definition) is 1. The predicted octanol–water partition coefficient (Wildman–Crippen LogP) is 5.58. The van der Waals surface area contributed by atoms with Crippen LogP contribution in [0.5, 0.6) is 0 Å². The SMILES string of the molecule is C#CC1=C(/C=C\C)C(c2ccccc2)(c2ccccc2)c2cc(N)ccc21. The molecule has 2 N–H and O–H groups in total. The normalized spacial score (nSPS) is 15.0. The summed E-state index contributed by atoms with van der Waals surface area (Å²) < 4.78 is 0. The van der Waals surface area contributed by atoms with Crippen molar-refractivity contribution in [3.63, 3.8) is 0 Å². The van der Waals surface area contributed by atoms with Gasteiger partial charge >= 0.3 is 0 Å². The molecule has 3 aromatic carbocycles. The zero-order chi connectivity index (χ0) is 18.9. The number of terminal acetylenes is 1. The highest BCUT2D eigenvalue weighted by Gasteiger charge is 2.46. The third-order valence-corrected chi connectivity index (χ3v) is 5.28. The molecule has 0 saturated heterocycles. The minimum Gasteiger partial charge on any atom is -0.399 e. The Morgan fingerprint density at radius 3 is 2.00 bits per heavy atom. The standard InChI is InChI=1S/C26H21N/c1-3-11-24-22(4-2)23-17-16-21(27)18-25(23)26(24,19-12-7-5-8-13-19)20-14-9-6-10-15-20/h2-3,5-18H,27H2,1H3/b11-3-. The van der Waals surface area contributed by atoms with Gasteiger partial charge in [0.15, 0.2) is 0 Å². The van der Waals surface area contributed by atoms with Crippen LogP contribution in [0.2, 0.25) is 0 Å². The Morgan fingerprint density at radius 2 is 1.48 bits per heavy atom.